The molecule has 0 spiro atoms. The largest absolute Gasteiger partial charge is 0.372 e. The molecule has 2 aliphatic heterocycles. The van der Waals surface area contributed by atoms with E-state index in [9.17, 15) is 9.59 Å². The average Bonchev–Trinajstić information content (AvgIpc) is 2.79. The molecular weight excluding hydrogens is 252 g/mol. The summed E-state index contributed by atoms with van der Waals surface area (Å²) in [5.41, 5.74) is 2.35. The maximum absolute atomic E-state index is 11.6. The molecule has 4 heteroatoms. The smallest absolute Gasteiger partial charge is 0.230 e. The monoisotopic (exact) mass is 272 g/mol. The molecule has 106 valence electrons. The summed E-state index contributed by atoms with van der Waals surface area (Å²) in [6.07, 6.45) is 3.95. The number of likely N-dealkylation sites (tertiary alicyclic amines) is 1. The minimum atomic E-state index is -0.0462. The zero-order chi connectivity index (χ0) is 13.9. The van der Waals surface area contributed by atoms with Crippen LogP contribution >= 0.6 is 0 Å². The van der Waals surface area contributed by atoms with Gasteiger partial charge in [-0.2, -0.15) is 0 Å². The van der Waals surface area contributed by atoms with Gasteiger partial charge in [-0.15, -0.1) is 0 Å². The first-order valence-electron chi connectivity index (χ1n) is 7.36. The van der Waals surface area contributed by atoms with Crippen molar-refractivity contribution in [2.45, 2.75) is 32.2 Å². The molecule has 1 aromatic carbocycles. The predicted octanol–water partition coefficient (Wildman–Crippen LogP) is 1.98. The molecule has 1 amide bonds. The number of ketones is 1. The summed E-state index contributed by atoms with van der Waals surface area (Å²) < 4.78 is 0. The number of nitrogens with zero attached hydrogens (tertiary/aromatic N) is 2. The van der Waals surface area contributed by atoms with Crippen molar-refractivity contribution >= 4 is 17.4 Å². The summed E-state index contributed by atoms with van der Waals surface area (Å²) in [4.78, 5) is 26.9. The molecule has 0 aromatic heterocycles. The second-order valence-corrected chi connectivity index (χ2v) is 5.68. The van der Waals surface area contributed by atoms with Crippen LogP contribution in [0.25, 0.3) is 0 Å². The Kier molecular flexibility index (Phi) is 3.72. The predicted molar refractivity (Wildman–Crippen MR) is 77.5 cm³/mol. The van der Waals surface area contributed by atoms with Crippen molar-refractivity contribution in [1.82, 2.24) is 4.90 Å². The van der Waals surface area contributed by atoms with Crippen molar-refractivity contribution in [3.63, 3.8) is 0 Å². The van der Waals surface area contributed by atoms with Gasteiger partial charge in [0.25, 0.3) is 0 Å². The van der Waals surface area contributed by atoms with Crippen molar-refractivity contribution in [3.05, 3.63) is 29.8 Å². The van der Waals surface area contributed by atoms with Gasteiger partial charge in [-0.1, -0.05) is 12.1 Å². The van der Waals surface area contributed by atoms with Crippen LogP contribution in [0.4, 0.5) is 5.69 Å². The lowest BCUT2D eigenvalue weighted by Crippen LogP contribution is -2.29. The Balaban J connectivity index is 1.64. The molecule has 0 aliphatic carbocycles. The summed E-state index contributed by atoms with van der Waals surface area (Å²) in [6, 6.07) is 8.39. The van der Waals surface area contributed by atoms with Crippen molar-refractivity contribution < 1.29 is 9.59 Å². The third kappa shape index (κ3) is 2.84. The number of Topliss-reactive ketones (excluding diaryl/α,β-unsaturated/α-hetero) is 1. The minimum Gasteiger partial charge on any atom is -0.372 e. The first-order valence-corrected chi connectivity index (χ1v) is 7.36. The van der Waals surface area contributed by atoms with E-state index in [-0.39, 0.29) is 24.7 Å². The second kappa shape index (κ2) is 5.65. The number of piperidine rings is 1. The first-order chi connectivity index (χ1) is 9.72. The van der Waals surface area contributed by atoms with Crippen LogP contribution in [0.1, 0.15) is 31.2 Å². The van der Waals surface area contributed by atoms with Gasteiger partial charge in [0.05, 0.1) is 13.0 Å². The summed E-state index contributed by atoms with van der Waals surface area (Å²) in [7, 11) is 0. The van der Waals surface area contributed by atoms with Gasteiger partial charge in [0.1, 0.15) is 0 Å². The lowest BCUT2D eigenvalue weighted by molar-refractivity contribution is -0.128. The van der Waals surface area contributed by atoms with Crippen LogP contribution in [0.2, 0.25) is 0 Å². The highest BCUT2D eigenvalue weighted by molar-refractivity contribution is 6.05. The number of carbonyl (C=O) groups is 2. The Morgan fingerprint density at radius 1 is 0.950 bits per heavy atom. The molecule has 0 radical (unpaired) electrons. The Morgan fingerprint density at radius 3 is 2.25 bits per heavy atom. The van der Waals surface area contributed by atoms with Gasteiger partial charge in [0, 0.05) is 25.3 Å². The Bertz CT molecular complexity index is 504. The molecule has 2 fully saturated rings. The zero-order valence-electron chi connectivity index (χ0n) is 11.7. The molecule has 0 atom stereocenters. The fourth-order valence-electron chi connectivity index (χ4n) is 2.97. The molecule has 3 rings (SSSR count). The van der Waals surface area contributed by atoms with E-state index in [1.807, 2.05) is 0 Å². The van der Waals surface area contributed by atoms with Gasteiger partial charge in [-0.05, 0) is 37.0 Å². The number of amides is 1. The molecule has 20 heavy (non-hydrogen) atoms. The van der Waals surface area contributed by atoms with E-state index in [0.29, 0.717) is 6.54 Å². The van der Waals surface area contributed by atoms with Crippen LogP contribution in [-0.4, -0.2) is 36.2 Å². The molecule has 1 aromatic rings. The lowest BCUT2D eigenvalue weighted by atomic mass is 10.1. The number of benzene rings is 1. The standard InChI is InChI=1S/C16H20N2O2/c19-15-10-16(20)18(12-15)11-13-4-6-14(7-5-13)17-8-2-1-3-9-17/h4-7H,1-3,8-12H2. The summed E-state index contributed by atoms with van der Waals surface area (Å²) >= 11 is 0. The molecule has 0 saturated carbocycles. The Morgan fingerprint density at radius 2 is 1.65 bits per heavy atom. The zero-order valence-corrected chi connectivity index (χ0v) is 11.7. The molecule has 2 heterocycles. The highest BCUT2D eigenvalue weighted by Gasteiger charge is 2.27. The van der Waals surface area contributed by atoms with Gasteiger partial charge in [0.2, 0.25) is 5.91 Å². The van der Waals surface area contributed by atoms with Gasteiger partial charge in [-0.25, -0.2) is 0 Å². The molecule has 2 aliphatic rings. The van der Waals surface area contributed by atoms with Crippen LogP contribution in [0.15, 0.2) is 24.3 Å². The lowest BCUT2D eigenvalue weighted by Gasteiger charge is -2.29. The fraction of sp³-hybridized carbons (Fsp3) is 0.500. The van der Waals surface area contributed by atoms with Crippen LogP contribution in [-0.2, 0) is 16.1 Å². The van der Waals surface area contributed by atoms with Gasteiger partial charge >= 0.3 is 0 Å². The number of anilines is 1. The molecule has 4 nitrogen and oxygen atoms in total. The van der Waals surface area contributed by atoms with Gasteiger partial charge in [0.15, 0.2) is 5.78 Å². The molecule has 0 unspecified atom stereocenters. The molecule has 0 N–H and O–H groups in total. The van der Waals surface area contributed by atoms with Crippen LogP contribution in [0.5, 0.6) is 0 Å². The van der Waals surface area contributed by atoms with E-state index < -0.39 is 0 Å². The van der Waals surface area contributed by atoms with E-state index >= 15 is 0 Å². The van der Waals surface area contributed by atoms with Gasteiger partial charge in [-0.3, -0.25) is 9.59 Å². The van der Waals surface area contributed by atoms with Crippen molar-refractivity contribution in [1.29, 1.82) is 0 Å². The minimum absolute atomic E-state index is 0.0277. The topological polar surface area (TPSA) is 40.6 Å². The number of hydrogen-bond donors (Lipinski definition) is 0. The van der Waals surface area contributed by atoms with E-state index in [4.69, 9.17) is 0 Å². The van der Waals surface area contributed by atoms with E-state index in [1.54, 1.807) is 4.90 Å². The number of carbonyl (C=O) groups excluding carboxylic acids is 2. The average molecular weight is 272 g/mol. The second-order valence-electron chi connectivity index (χ2n) is 5.68. The molecule has 2 saturated heterocycles. The number of hydrogen-bond acceptors (Lipinski definition) is 3. The van der Waals surface area contributed by atoms with Crippen LogP contribution in [0.3, 0.4) is 0 Å². The highest BCUT2D eigenvalue weighted by atomic mass is 16.2. The van der Waals surface area contributed by atoms with Crippen molar-refractivity contribution in [3.8, 4) is 0 Å². The SMILES string of the molecule is O=C1CC(=O)N(Cc2ccc(N3CCCCC3)cc2)C1. The van der Waals surface area contributed by atoms with Crippen LogP contribution in [0, 0.1) is 0 Å². The summed E-state index contributed by atoms with van der Waals surface area (Å²) in [5, 5.41) is 0. The molecule has 0 bridgehead atoms. The number of rotatable bonds is 3. The van der Waals surface area contributed by atoms with Gasteiger partial charge < -0.3 is 9.80 Å². The third-order valence-electron chi connectivity index (χ3n) is 4.10. The Hall–Kier alpha value is -1.84. The van der Waals surface area contributed by atoms with Crippen LogP contribution < -0.4 is 4.90 Å². The maximum Gasteiger partial charge on any atom is 0.230 e. The van der Waals surface area contributed by atoms with E-state index in [1.165, 1.54) is 24.9 Å². The maximum atomic E-state index is 11.6. The normalized spacial score (nSPS) is 19.8. The quantitative estimate of drug-likeness (QED) is 0.790. The Labute approximate surface area is 119 Å². The first kappa shape index (κ1) is 13.2. The van der Waals surface area contributed by atoms with E-state index in [0.717, 1.165) is 18.7 Å². The summed E-state index contributed by atoms with van der Waals surface area (Å²) in [5.74, 6) is -0.0185. The summed E-state index contributed by atoms with van der Waals surface area (Å²) in [6.45, 7) is 3.09. The highest BCUT2D eigenvalue weighted by Crippen LogP contribution is 2.21. The van der Waals surface area contributed by atoms with Crippen molar-refractivity contribution in [2.24, 2.45) is 0 Å². The van der Waals surface area contributed by atoms with Crippen molar-refractivity contribution in [2.75, 3.05) is 24.5 Å². The fourth-order valence-corrected chi connectivity index (χ4v) is 2.97. The third-order valence-corrected chi connectivity index (χ3v) is 4.10. The van der Waals surface area contributed by atoms with E-state index in [2.05, 4.69) is 29.2 Å². The molecular formula is C16H20N2O2.